The van der Waals surface area contributed by atoms with Gasteiger partial charge in [-0.25, -0.2) is 13.6 Å². The largest absolute Gasteiger partial charge is 0.381 e. The van der Waals surface area contributed by atoms with Crippen LogP contribution in [0.5, 0.6) is 0 Å². The van der Waals surface area contributed by atoms with Gasteiger partial charge >= 0.3 is 0 Å². The number of rotatable bonds is 8. The number of primary sulfonamides is 1. The lowest BCUT2D eigenvalue weighted by Gasteiger charge is -2.16. The topological polar surface area (TPSA) is 69.4 Å². The van der Waals surface area contributed by atoms with Gasteiger partial charge in [-0.05, 0) is 12.0 Å². The van der Waals surface area contributed by atoms with Gasteiger partial charge in [-0.15, -0.1) is 0 Å². The highest BCUT2D eigenvalue weighted by Crippen LogP contribution is 2.17. The Balaban J connectivity index is 2.64. The molecule has 5 heteroatoms. The summed E-state index contributed by atoms with van der Waals surface area (Å²) in [5, 5.41) is 5.12. The first kappa shape index (κ1) is 15.1. The van der Waals surface area contributed by atoms with Crippen molar-refractivity contribution in [2.75, 3.05) is 19.0 Å². The number of unbranched alkanes of at least 4 members (excludes halogenated alkanes) is 1. The molecule has 0 aliphatic heterocycles. The fourth-order valence-electron chi connectivity index (χ4n) is 1.72. The van der Waals surface area contributed by atoms with Crippen LogP contribution in [-0.4, -0.2) is 27.4 Å². The maximum atomic E-state index is 11.2. The SMILES string of the molecule is CCCCOCC(CS(N)(=O)=O)c1ccccc1. The first-order valence-corrected chi connectivity index (χ1v) is 7.87. The number of sulfonamides is 1. The van der Waals surface area contributed by atoms with Crippen LogP contribution in [0.25, 0.3) is 0 Å². The van der Waals surface area contributed by atoms with Gasteiger partial charge in [0.2, 0.25) is 10.0 Å². The predicted molar refractivity (Wildman–Crippen MR) is 72.9 cm³/mol. The quantitative estimate of drug-likeness (QED) is 0.734. The lowest BCUT2D eigenvalue weighted by Crippen LogP contribution is -2.24. The van der Waals surface area contributed by atoms with Gasteiger partial charge in [0.25, 0.3) is 0 Å². The number of ether oxygens (including phenoxy) is 1. The summed E-state index contributed by atoms with van der Waals surface area (Å²) in [6.07, 6.45) is 2.04. The molecule has 1 unspecified atom stereocenters. The summed E-state index contributed by atoms with van der Waals surface area (Å²) < 4.78 is 28.0. The Morgan fingerprint density at radius 1 is 1.28 bits per heavy atom. The zero-order valence-corrected chi connectivity index (χ0v) is 11.5. The van der Waals surface area contributed by atoms with E-state index < -0.39 is 10.0 Å². The number of nitrogens with two attached hydrogens (primary N) is 1. The molecule has 0 aromatic heterocycles. The molecule has 18 heavy (non-hydrogen) atoms. The minimum atomic E-state index is -3.49. The molecule has 4 nitrogen and oxygen atoms in total. The van der Waals surface area contributed by atoms with Gasteiger partial charge in [-0.3, -0.25) is 0 Å². The van der Waals surface area contributed by atoms with Crippen molar-refractivity contribution in [1.29, 1.82) is 0 Å². The summed E-state index contributed by atoms with van der Waals surface area (Å²) in [5.41, 5.74) is 0.947. The average molecular weight is 271 g/mol. The van der Waals surface area contributed by atoms with Crippen molar-refractivity contribution in [3.8, 4) is 0 Å². The molecule has 0 heterocycles. The van der Waals surface area contributed by atoms with Gasteiger partial charge in [0.05, 0.1) is 12.4 Å². The third-order valence-corrected chi connectivity index (χ3v) is 3.53. The summed E-state index contributed by atoms with van der Waals surface area (Å²) >= 11 is 0. The van der Waals surface area contributed by atoms with Crippen LogP contribution >= 0.6 is 0 Å². The second kappa shape index (κ2) is 7.51. The van der Waals surface area contributed by atoms with Crippen molar-refractivity contribution in [2.24, 2.45) is 5.14 Å². The van der Waals surface area contributed by atoms with Crippen molar-refractivity contribution in [3.63, 3.8) is 0 Å². The summed E-state index contributed by atoms with van der Waals surface area (Å²) in [5.74, 6) is -0.276. The molecule has 0 radical (unpaired) electrons. The molecule has 0 saturated heterocycles. The second-order valence-electron chi connectivity index (χ2n) is 4.37. The lowest BCUT2D eigenvalue weighted by molar-refractivity contribution is 0.121. The number of benzene rings is 1. The van der Waals surface area contributed by atoms with Crippen LogP contribution in [0.15, 0.2) is 30.3 Å². The van der Waals surface area contributed by atoms with Crippen molar-refractivity contribution in [2.45, 2.75) is 25.7 Å². The molecular weight excluding hydrogens is 250 g/mol. The first-order valence-electron chi connectivity index (χ1n) is 6.16. The van der Waals surface area contributed by atoms with Crippen LogP contribution in [-0.2, 0) is 14.8 Å². The molecule has 0 aliphatic rings. The van der Waals surface area contributed by atoms with E-state index in [4.69, 9.17) is 9.88 Å². The normalized spacial score (nSPS) is 13.4. The van der Waals surface area contributed by atoms with Gasteiger partial charge in [0.15, 0.2) is 0 Å². The van der Waals surface area contributed by atoms with Crippen molar-refractivity contribution in [1.82, 2.24) is 0 Å². The van der Waals surface area contributed by atoms with Crippen molar-refractivity contribution >= 4 is 10.0 Å². The molecule has 0 bridgehead atoms. The minimum absolute atomic E-state index is 0.0802. The average Bonchev–Trinajstić information content (AvgIpc) is 2.33. The summed E-state index contributed by atoms with van der Waals surface area (Å²) in [7, 11) is -3.49. The molecule has 102 valence electrons. The van der Waals surface area contributed by atoms with Crippen LogP contribution in [0.1, 0.15) is 31.2 Å². The molecule has 0 aliphatic carbocycles. The third kappa shape index (κ3) is 6.14. The lowest BCUT2D eigenvalue weighted by atomic mass is 10.0. The Bertz CT molecular complexity index is 431. The molecule has 1 aromatic rings. The highest BCUT2D eigenvalue weighted by Gasteiger charge is 2.17. The summed E-state index contributed by atoms with van der Waals surface area (Å²) in [4.78, 5) is 0. The molecule has 0 amide bonds. The van der Waals surface area contributed by atoms with Crippen LogP contribution in [0.4, 0.5) is 0 Å². The van der Waals surface area contributed by atoms with E-state index in [-0.39, 0.29) is 11.7 Å². The fraction of sp³-hybridized carbons (Fsp3) is 0.538. The molecule has 0 spiro atoms. The maximum absolute atomic E-state index is 11.2. The first-order chi connectivity index (χ1) is 8.53. The van der Waals surface area contributed by atoms with E-state index >= 15 is 0 Å². The van der Waals surface area contributed by atoms with E-state index in [9.17, 15) is 8.42 Å². The van der Waals surface area contributed by atoms with E-state index in [0.29, 0.717) is 13.2 Å². The van der Waals surface area contributed by atoms with Gasteiger partial charge < -0.3 is 4.74 Å². The highest BCUT2D eigenvalue weighted by molar-refractivity contribution is 7.89. The molecule has 1 rings (SSSR count). The van der Waals surface area contributed by atoms with E-state index in [1.54, 1.807) is 0 Å². The van der Waals surface area contributed by atoms with Crippen LogP contribution < -0.4 is 5.14 Å². The van der Waals surface area contributed by atoms with Gasteiger partial charge in [0, 0.05) is 12.5 Å². The molecule has 1 atom stereocenters. The Morgan fingerprint density at radius 2 is 1.94 bits per heavy atom. The van der Waals surface area contributed by atoms with Gasteiger partial charge in [0.1, 0.15) is 0 Å². The van der Waals surface area contributed by atoms with Crippen molar-refractivity contribution < 1.29 is 13.2 Å². The Hall–Kier alpha value is -0.910. The molecular formula is C13H21NO3S. The smallest absolute Gasteiger partial charge is 0.209 e. The van der Waals surface area contributed by atoms with Crippen LogP contribution in [0, 0.1) is 0 Å². The monoisotopic (exact) mass is 271 g/mol. The van der Waals surface area contributed by atoms with Gasteiger partial charge in [-0.1, -0.05) is 43.7 Å². The number of hydrogen-bond acceptors (Lipinski definition) is 3. The second-order valence-corrected chi connectivity index (χ2v) is 6.02. The van der Waals surface area contributed by atoms with Crippen molar-refractivity contribution in [3.05, 3.63) is 35.9 Å². The Labute approximate surface area is 109 Å². The Kier molecular flexibility index (Phi) is 6.32. The van der Waals surface area contributed by atoms with E-state index in [0.717, 1.165) is 18.4 Å². The molecule has 2 N–H and O–H groups in total. The maximum Gasteiger partial charge on any atom is 0.209 e. The zero-order valence-electron chi connectivity index (χ0n) is 10.7. The van der Waals surface area contributed by atoms with Gasteiger partial charge in [-0.2, -0.15) is 0 Å². The zero-order chi connectivity index (χ0) is 13.4. The van der Waals surface area contributed by atoms with Crippen LogP contribution in [0.3, 0.4) is 0 Å². The van der Waals surface area contributed by atoms with Crippen LogP contribution in [0.2, 0.25) is 0 Å². The van der Waals surface area contributed by atoms with E-state index in [2.05, 4.69) is 6.92 Å². The third-order valence-electron chi connectivity index (χ3n) is 2.67. The molecule has 0 fully saturated rings. The molecule has 0 saturated carbocycles. The minimum Gasteiger partial charge on any atom is -0.381 e. The highest BCUT2D eigenvalue weighted by atomic mass is 32.2. The predicted octanol–water partition coefficient (Wildman–Crippen LogP) is 1.88. The standard InChI is InChI=1S/C13H21NO3S/c1-2-3-9-17-10-13(11-18(14,15)16)12-7-5-4-6-8-12/h4-8,13H,2-3,9-11H2,1H3,(H2,14,15,16). The Morgan fingerprint density at radius 3 is 2.50 bits per heavy atom. The van der Waals surface area contributed by atoms with E-state index in [1.165, 1.54) is 0 Å². The summed E-state index contributed by atoms with van der Waals surface area (Å²) in [6.45, 7) is 3.13. The fourth-order valence-corrected chi connectivity index (χ4v) is 2.57. The van der Waals surface area contributed by atoms with E-state index in [1.807, 2.05) is 30.3 Å². The number of hydrogen-bond donors (Lipinski definition) is 1. The summed E-state index contributed by atoms with van der Waals surface area (Å²) in [6, 6.07) is 9.47. The molecule has 1 aromatic carbocycles.